The van der Waals surface area contributed by atoms with E-state index in [0.717, 1.165) is 19.3 Å². The maximum absolute atomic E-state index is 12.6. The smallest absolute Gasteiger partial charge is 0.207 e. The van der Waals surface area contributed by atoms with Gasteiger partial charge in [0.1, 0.15) is 10.9 Å². The van der Waals surface area contributed by atoms with Gasteiger partial charge in [-0.3, -0.25) is 0 Å². The van der Waals surface area contributed by atoms with Crippen molar-refractivity contribution in [2.45, 2.75) is 43.5 Å². The van der Waals surface area contributed by atoms with Gasteiger partial charge in [0.05, 0.1) is 4.90 Å². The second-order valence-corrected chi connectivity index (χ2v) is 8.52. The average Bonchev–Trinajstić information content (AvgIpc) is 2.92. The Hall–Kier alpha value is -0.900. The van der Waals surface area contributed by atoms with Crippen molar-refractivity contribution in [2.75, 3.05) is 6.54 Å². The van der Waals surface area contributed by atoms with E-state index in [1.807, 2.05) is 13.0 Å². The zero-order valence-corrected chi connectivity index (χ0v) is 12.4. The first-order valence-corrected chi connectivity index (χ1v) is 8.79. The highest BCUT2D eigenvalue weighted by molar-refractivity contribution is 7.89. The van der Waals surface area contributed by atoms with Crippen LogP contribution in [0.2, 0.25) is 0 Å². The molecule has 1 saturated heterocycles. The molecule has 2 fully saturated rings. The second kappa shape index (κ2) is 4.30. The number of nitriles is 1. The van der Waals surface area contributed by atoms with Gasteiger partial charge in [-0.05, 0) is 37.7 Å². The minimum absolute atomic E-state index is 0.0655. The van der Waals surface area contributed by atoms with E-state index in [2.05, 4.69) is 0 Å². The van der Waals surface area contributed by atoms with E-state index in [-0.39, 0.29) is 16.4 Å². The Morgan fingerprint density at radius 3 is 2.74 bits per heavy atom. The number of sulfonamides is 1. The Balaban J connectivity index is 1.90. The van der Waals surface area contributed by atoms with Crippen LogP contribution in [-0.4, -0.2) is 25.3 Å². The molecule has 0 bridgehead atoms. The largest absolute Gasteiger partial charge is 0.244 e. The summed E-state index contributed by atoms with van der Waals surface area (Å²) in [6.07, 6.45) is 4.49. The van der Waals surface area contributed by atoms with Crippen molar-refractivity contribution in [3.8, 4) is 6.07 Å². The van der Waals surface area contributed by atoms with E-state index in [1.54, 1.807) is 9.69 Å². The molecule has 102 valence electrons. The lowest BCUT2D eigenvalue weighted by atomic mass is 9.68. The molecule has 1 aromatic heterocycles. The lowest BCUT2D eigenvalue weighted by Crippen LogP contribution is -2.37. The van der Waals surface area contributed by atoms with Gasteiger partial charge >= 0.3 is 0 Å². The summed E-state index contributed by atoms with van der Waals surface area (Å²) in [4.78, 5) is 0.723. The normalized spacial score (nSPS) is 26.2. The summed E-state index contributed by atoms with van der Waals surface area (Å²) in [5.41, 5.74) is 0.237. The summed E-state index contributed by atoms with van der Waals surface area (Å²) in [5.74, 6) is 0. The maximum Gasteiger partial charge on any atom is 0.244 e. The first kappa shape index (κ1) is 13.1. The highest BCUT2D eigenvalue weighted by Crippen LogP contribution is 2.51. The van der Waals surface area contributed by atoms with Crippen molar-refractivity contribution < 1.29 is 8.42 Å². The molecule has 0 aromatic carbocycles. The van der Waals surface area contributed by atoms with Gasteiger partial charge in [0.15, 0.2) is 0 Å². The standard InChI is InChI=1S/C13H16N2O2S2/c1-10-6-13(3-2-4-13)9-15(10)19(16,17)12-5-11(7-14)18-8-12/h5,8,10H,2-4,6,9H2,1H3. The van der Waals surface area contributed by atoms with Crippen molar-refractivity contribution in [3.05, 3.63) is 16.3 Å². The van der Waals surface area contributed by atoms with Gasteiger partial charge in [-0.2, -0.15) is 9.57 Å². The predicted molar refractivity (Wildman–Crippen MR) is 73.3 cm³/mol. The lowest BCUT2D eigenvalue weighted by molar-refractivity contribution is 0.152. The van der Waals surface area contributed by atoms with E-state index in [4.69, 9.17) is 5.26 Å². The monoisotopic (exact) mass is 296 g/mol. The van der Waals surface area contributed by atoms with Crippen LogP contribution in [0.3, 0.4) is 0 Å². The molecule has 2 heterocycles. The zero-order valence-electron chi connectivity index (χ0n) is 10.8. The van der Waals surface area contributed by atoms with Gasteiger partial charge in [-0.1, -0.05) is 6.42 Å². The van der Waals surface area contributed by atoms with Crippen molar-refractivity contribution in [1.82, 2.24) is 4.31 Å². The predicted octanol–water partition coefficient (Wildman–Crippen LogP) is 2.57. The van der Waals surface area contributed by atoms with Gasteiger partial charge in [0, 0.05) is 18.0 Å². The molecule has 1 aliphatic carbocycles. The molecule has 0 radical (unpaired) electrons. The zero-order chi connectivity index (χ0) is 13.7. The fourth-order valence-corrected chi connectivity index (χ4v) is 6.08. The van der Waals surface area contributed by atoms with E-state index in [0.29, 0.717) is 11.4 Å². The lowest BCUT2D eigenvalue weighted by Gasteiger charge is -2.37. The summed E-state index contributed by atoms with van der Waals surface area (Å²) >= 11 is 1.19. The van der Waals surface area contributed by atoms with E-state index in [9.17, 15) is 8.42 Å². The van der Waals surface area contributed by atoms with Gasteiger partial charge in [-0.15, -0.1) is 11.3 Å². The van der Waals surface area contributed by atoms with Crippen LogP contribution in [0.5, 0.6) is 0 Å². The van der Waals surface area contributed by atoms with Crippen LogP contribution in [0, 0.1) is 16.7 Å². The Morgan fingerprint density at radius 2 is 2.26 bits per heavy atom. The molecule has 19 heavy (non-hydrogen) atoms. The molecule has 1 saturated carbocycles. The van der Waals surface area contributed by atoms with Crippen LogP contribution >= 0.6 is 11.3 Å². The summed E-state index contributed by atoms with van der Waals surface area (Å²) in [6.45, 7) is 2.64. The van der Waals surface area contributed by atoms with Gasteiger partial charge in [-0.25, -0.2) is 8.42 Å². The summed E-state index contributed by atoms with van der Waals surface area (Å²) in [6, 6.07) is 3.55. The van der Waals surface area contributed by atoms with Crippen LogP contribution in [0.15, 0.2) is 16.3 Å². The van der Waals surface area contributed by atoms with Crippen LogP contribution in [0.25, 0.3) is 0 Å². The molecular formula is C13H16N2O2S2. The second-order valence-electron chi connectivity index (χ2n) is 5.72. The molecule has 1 unspecified atom stereocenters. The number of rotatable bonds is 2. The molecule has 1 aromatic rings. The highest BCUT2D eigenvalue weighted by atomic mass is 32.2. The van der Waals surface area contributed by atoms with E-state index < -0.39 is 10.0 Å². The average molecular weight is 296 g/mol. The van der Waals surface area contributed by atoms with E-state index >= 15 is 0 Å². The Morgan fingerprint density at radius 1 is 1.53 bits per heavy atom. The molecule has 1 aliphatic heterocycles. The summed E-state index contributed by atoms with van der Waals surface area (Å²) in [7, 11) is -3.43. The fourth-order valence-electron chi connectivity index (χ4n) is 3.29. The molecule has 4 nitrogen and oxygen atoms in total. The van der Waals surface area contributed by atoms with Gasteiger partial charge in [0.25, 0.3) is 0 Å². The fraction of sp³-hybridized carbons (Fsp3) is 0.615. The number of thiophene rings is 1. The maximum atomic E-state index is 12.6. The SMILES string of the molecule is CC1CC2(CCC2)CN1S(=O)(=O)c1csc(C#N)c1. The minimum Gasteiger partial charge on any atom is -0.207 e. The third-order valence-corrected chi connectivity index (χ3v) is 7.34. The number of hydrogen-bond acceptors (Lipinski definition) is 4. The molecule has 6 heteroatoms. The Kier molecular flexibility index (Phi) is 2.97. The van der Waals surface area contributed by atoms with Crippen LogP contribution in [0.1, 0.15) is 37.5 Å². The molecule has 3 rings (SSSR count). The molecular weight excluding hydrogens is 280 g/mol. The first-order valence-electron chi connectivity index (χ1n) is 6.47. The summed E-state index contributed by atoms with van der Waals surface area (Å²) < 4.78 is 26.9. The Labute approximate surface area is 117 Å². The van der Waals surface area contributed by atoms with Gasteiger partial charge < -0.3 is 0 Å². The molecule has 1 spiro atoms. The Bertz CT molecular complexity index is 638. The topological polar surface area (TPSA) is 61.2 Å². The van der Waals surface area contributed by atoms with Crippen molar-refractivity contribution >= 4 is 21.4 Å². The number of nitrogens with zero attached hydrogens (tertiary/aromatic N) is 2. The minimum atomic E-state index is -3.43. The third-order valence-electron chi connectivity index (χ3n) is 4.42. The summed E-state index contributed by atoms with van der Waals surface area (Å²) in [5, 5.41) is 10.4. The molecule has 1 atom stereocenters. The third kappa shape index (κ3) is 2.00. The molecule has 0 amide bonds. The molecule has 0 N–H and O–H groups in total. The highest BCUT2D eigenvalue weighted by Gasteiger charge is 2.50. The van der Waals surface area contributed by atoms with Crippen LogP contribution in [-0.2, 0) is 10.0 Å². The first-order chi connectivity index (χ1) is 8.97. The van der Waals surface area contributed by atoms with Crippen molar-refractivity contribution in [2.24, 2.45) is 5.41 Å². The van der Waals surface area contributed by atoms with Crippen molar-refractivity contribution in [1.29, 1.82) is 5.26 Å². The van der Waals surface area contributed by atoms with Crippen LogP contribution in [0.4, 0.5) is 0 Å². The number of hydrogen-bond donors (Lipinski definition) is 0. The quantitative estimate of drug-likeness (QED) is 0.842. The van der Waals surface area contributed by atoms with E-state index in [1.165, 1.54) is 23.8 Å². The van der Waals surface area contributed by atoms with Gasteiger partial charge in [0.2, 0.25) is 10.0 Å². The van der Waals surface area contributed by atoms with Crippen molar-refractivity contribution in [3.63, 3.8) is 0 Å². The van der Waals surface area contributed by atoms with Crippen LogP contribution < -0.4 is 0 Å². The molecule has 2 aliphatic rings.